The zero-order valence-electron chi connectivity index (χ0n) is 13.0. The lowest BCUT2D eigenvalue weighted by molar-refractivity contribution is 0.0523. The van der Waals surface area contributed by atoms with Gasteiger partial charge < -0.3 is 18.9 Å². The second kappa shape index (κ2) is 6.33. The van der Waals surface area contributed by atoms with E-state index in [0.717, 1.165) is 27.9 Å². The molecule has 2 aliphatic heterocycles. The molecule has 2 heterocycles. The van der Waals surface area contributed by atoms with Crippen LogP contribution >= 0.6 is 0 Å². The van der Waals surface area contributed by atoms with Crippen molar-refractivity contribution in [2.45, 2.75) is 6.10 Å². The Morgan fingerprint density at radius 3 is 2.87 bits per heavy atom. The van der Waals surface area contributed by atoms with Crippen molar-refractivity contribution >= 4 is 12.6 Å². The minimum absolute atomic E-state index is 0.146. The van der Waals surface area contributed by atoms with E-state index in [2.05, 4.69) is 23.7 Å². The van der Waals surface area contributed by atoms with E-state index >= 15 is 0 Å². The summed E-state index contributed by atoms with van der Waals surface area (Å²) in [5.41, 5.74) is 7.31. The molecule has 23 heavy (non-hydrogen) atoms. The van der Waals surface area contributed by atoms with Crippen LogP contribution in [-0.4, -0.2) is 34.0 Å². The molecule has 0 saturated carbocycles. The Morgan fingerprint density at radius 2 is 2.04 bits per heavy atom. The quantitative estimate of drug-likeness (QED) is 0.688. The minimum atomic E-state index is -0.380. The highest BCUT2D eigenvalue weighted by atomic mass is 16.6. The van der Waals surface area contributed by atoms with Crippen molar-refractivity contribution in [2.75, 3.05) is 26.9 Å². The number of rotatable bonds is 4. The largest absolute Gasteiger partial charge is 0.498 e. The van der Waals surface area contributed by atoms with Crippen molar-refractivity contribution in [2.24, 2.45) is 0 Å². The molecule has 0 fully saturated rings. The smallest absolute Gasteiger partial charge is 0.492 e. The van der Waals surface area contributed by atoms with E-state index in [0.29, 0.717) is 19.8 Å². The fraction of sp³-hybridized carbons (Fsp3) is 0.294. The van der Waals surface area contributed by atoms with Crippen LogP contribution in [0.4, 0.5) is 0 Å². The highest BCUT2D eigenvalue weighted by Gasteiger charge is 2.43. The van der Waals surface area contributed by atoms with Gasteiger partial charge in [-0.15, -0.1) is 0 Å². The predicted octanol–water partition coefficient (Wildman–Crippen LogP) is 1.68. The van der Waals surface area contributed by atoms with Crippen LogP contribution in [0, 0.1) is 0 Å². The van der Waals surface area contributed by atoms with E-state index in [-0.39, 0.29) is 13.2 Å². The summed E-state index contributed by atoms with van der Waals surface area (Å²) in [6, 6.07) is 14.4. The summed E-state index contributed by atoms with van der Waals surface area (Å²) in [5.74, 6) is 0.849. The van der Waals surface area contributed by atoms with Gasteiger partial charge in [0.25, 0.3) is 0 Å². The highest BCUT2D eigenvalue weighted by Crippen LogP contribution is 2.37. The lowest BCUT2D eigenvalue weighted by Crippen LogP contribution is -2.31. The standard InChI is InChI=1S/C17H18BNO4/c1-20-19-11-15-16-13(12-5-3-2-4-6-12)7-8-14-17(16)18(23-15)22-10-9-21-14/h2-8,15,19H,9-11H2,1H3/t15-/m1/s1. The Bertz CT molecular complexity index is 694. The van der Waals surface area contributed by atoms with Crippen molar-refractivity contribution in [1.29, 1.82) is 0 Å². The summed E-state index contributed by atoms with van der Waals surface area (Å²) >= 11 is 0. The zero-order chi connectivity index (χ0) is 15.6. The molecule has 0 amide bonds. The Morgan fingerprint density at radius 1 is 1.17 bits per heavy atom. The molecule has 0 radical (unpaired) electrons. The fourth-order valence-electron chi connectivity index (χ4n) is 3.23. The molecule has 2 aromatic carbocycles. The fourth-order valence-corrected chi connectivity index (χ4v) is 3.23. The molecule has 0 bridgehead atoms. The third kappa shape index (κ3) is 2.64. The van der Waals surface area contributed by atoms with E-state index in [1.54, 1.807) is 7.11 Å². The van der Waals surface area contributed by atoms with Gasteiger partial charge in [-0.1, -0.05) is 36.4 Å². The molecule has 118 valence electrons. The molecule has 1 atom stereocenters. The van der Waals surface area contributed by atoms with Gasteiger partial charge in [0, 0.05) is 5.46 Å². The zero-order valence-corrected chi connectivity index (χ0v) is 13.0. The second-order valence-corrected chi connectivity index (χ2v) is 5.53. The molecule has 2 aromatic rings. The van der Waals surface area contributed by atoms with Crippen LogP contribution in [0.25, 0.3) is 11.1 Å². The number of hydroxylamine groups is 1. The van der Waals surface area contributed by atoms with Crippen molar-refractivity contribution in [3.63, 3.8) is 0 Å². The molecule has 0 unspecified atom stereocenters. The Labute approximate surface area is 135 Å². The Balaban J connectivity index is 1.85. The molecule has 6 heteroatoms. The maximum atomic E-state index is 6.11. The first-order valence-corrected chi connectivity index (χ1v) is 7.76. The monoisotopic (exact) mass is 311 g/mol. The van der Waals surface area contributed by atoms with E-state index in [1.807, 2.05) is 24.3 Å². The lowest BCUT2D eigenvalue weighted by Gasteiger charge is -2.18. The van der Waals surface area contributed by atoms with Gasteiger partial charge in [0.05, 0.1) is 26.4 Å². The second-order valence-electron chi connectivity index (χ2n) is 5.53. The number of nitrogens with one attached hydrogen (secondary N) is 1. The molecule has 5 nitrogen and oxygen atoms in total. The van der Waals surface area contributed by atoms with Crippen molar-refractivity contribution in [3.05, 3.63) is 48.0 Å². The SMILES string of the molecule is CONC[C@H]1OB2OCCOc3ccc(-c4ccccc4)c1c32. The molecular weight excluding hydrogens is 293 g/mol. The van der Waals surface area contributed by atoms with E-state index < -0.39 is 0 Å². The molecule has 2 aliphatic rings. The summed E-state index contributed by atoms with van der Waals surface area (Å²) in [7, 11) is 1.22. The minimum Gasteiger partial charge on any atom is -0.492 e. The topological polar surface area (TPSA) is 49.0 Å². The molecule has 0 spiro atoms. The number of benzene rings is 2. The molecule has 0 aliphatic carbocycles. The van der Waals surface area contributed by atoms with Crippen molar-refractivity contribution < 1.29 is 18.9 Å². The van der Waals surface area contributed by atoms with Crippen LogP contribution in [-0.2, 0) is 14.1 Å². The molecule has 0 aromatic heterocycles. The van der Waals surface area contributed by atoms with Crippen LogP contribution < -0.4 is 15.7 Å². The number of hydrogen-bond donors (Lipinski definition) is 1. The predicted molar refractivity (Wildman–Crippen MR) is 87.6 cm³/mol. The first-order chi connectivity index (χ1) is 11.4. The average Bonchev–Trinajstić information content (AvgIpc) is 2.83. The summed E-state index contributed by atoms with van der Waals surface area (Å²) < 4.78 is 17.8. The van der Waals surface area contributed by atoms with Gasteiger partial charge >= 0.3 is 7.12 Å². The maximum absolute atomic E-state index is 6.11. The van der Waals surface area contributed by atoms with Crippen LogP contribution in [0.15, 0.2) is 42.5 Å². The molecule has 0 saturated heterocycles. The van der Waals surface area contributed by atoms with E-state index in [9.17, 15) is 0 Å². The first kappa shape index (κ1) is 14.7. The normalized spacial score (nSPS) is 19.2. The molecule has 1 N–H and O–H groups in total. The van der Waals surface area contributed by atoms with Crippen LogP contribution in [0.1, 0.15) is 11.7 Å². The molecular formula is C17H18BNO4. The third-order valence-electron chi connectivity index (χ3n) is 4.20. The lowest BCUT2D eigenvalue weighted by atomic mass is 9.75. The maximum Gasteiger partial charge on any atom is 0.498 e. The Hall–Kier alpha value is -1.86. The number of ether oxygens (including phenoxy) is 1. The van der Waals surface area contributed by atoms with Gasteiger partial charge in [-0.25, -0.2) is 0 Å². The van der Waals surface area contributed by atoms with Gasteiger partial charge in [-0.3, -0.25) is 0 Å². The van der Waals surface area contributed by atoms with Crippen molar-refractivity contribution in [1.82, 2.24) is 5.48 Å². The summed E-state index contributed by atoms with van der Waals surface area (Å²) in [6.45, 7) is 1.61. The summed E-state index contributed by atoms with van der Waals surface area (Å²) in [6.07, 6.45) is -0.146. The number of hydrogen-bond acceptors (Lipinski definition) is 5. The van der Waals surface area contributed by atoms with Crippen LogP contribution in [0.5, 0.6) is 5.75 Å². The summed E-state index contributed by atoms with van der Waals surface area (Å²) in [5, 5.41) is 0. The first-order valence-electron chi connectivity index (χ1n) is 7.76. The Kier molecular flexibility index (Phi) is 4.05. The average molecular weight is 311 g/mol. The van der Waals surface area contributed by atoms with Crippen LogP contribution in [0.3, 0.4) is 0 Å². The van der Waals surface area contributed by atoms with Gasteiger partial charge in [0.2, 0.25) is 0 Å². The van der Waals surface area contributed by atoms with Crippen LogP contribution in [0.2, 0.25) is 0 Å². The van der Waals surface area contributed by atoms with Gasteiger partial charge in [0.15, 0.2) is 0 Å². The van der Waals surface area contributed by atoms with Gasteiger partial charge in [-0.05, 0) is 22.8 Å². The summed E-state index contributed by atoms with van der Waals surface area (Å²) in [4.78, 5) is 5.00. The van der Waals surface area contributed by atoms with E-state index in [1.165, 1.54) is 0 Å². The van der Waals surface area contributed by atoms with Gasteiger partial charge in [-0.2, -0.15) is 5.48 Å². The van der Waals surface area contributed by atoms with E-state index in [4.69, 9.17) is 18.9 Å². The van der Waals surface area contributed by atoms with Crippen molar-refractivity contribution in [3.8, 4) is 16.9 Å². The van der Waals surface area contributed by atoms with Gasteiger partial charge in [0.1, 0.15) is 12.4 Å². The molecule has 4 rings (SSSR count). The highest BCUT2D eigenvalue weighted by molar-refractivity contribution is 6.64. The third-order valence-corrected chi connectivity index (χ3v) is 4.20.